The van der Waals surface area contributed by atoms with Crippen LogP contribution in [0.3, 0.4) is 0 Å². The van der Waals surface area contributed by atoms with Gasteiger partial charge in [-0.25, -0.2) is 13.9 Å². The van der Waals surface area contributed by atoms with Crippen LogP contribution in [0.15, 0.2) is 65.7 Å². The lowest BCUT2D eigenvalue weighted by Crippen LogP contribution is -2.25. The lowest BCUT2D eigenvalue weighted by molar-refractivity contribution is 0.661. The van der Waals surface area contributed by atoms with Crippen LogP contribution in [-0.4, -0.2) is 44.4 Å². The van der Waals surface area contributed by atoms with Crippen molar-refractivity contribution in [3.8, 4) is 11.3 Å². The molecule has 2 atom stereocenters. The van der Waals surface area contributed by atoms with E-state index in [1.807, 2.05) is 54.0 Å². The topological polar surface area (TPSA) is 71.3 Å². The van der Waals surface area contributed by atoms with Crippen LogP contribution in [0.1, 0.15) is 24.0 Å². The Balaban J connectivity index is 1.41. The van der Waals surface area contributed by atoms with Gasteiger partial charge in [-0.05, 0) is 56.9 Å². The number of fused-ring (bicyclic) bond motifs is 1. The van der Waals surface area contributed by atoms with E-state index in [0.29, 0.717) is 15.1 Å². The fourth-order valence-electron chi connectivity index (χ4n) is 3.81. The zero-order valence-electron chi connectivity index (χ0n) is 20.0. The van der Waals surface area contributed by atoms with E-state index in [2.05, 4.69) is 52.8 Å². The second-order valence-electron chi connectivity index (χ2n) is 8.40. The first-order chi connectivity index (χ1) is 16.4. The van der Waals surface area contributed by atoms with Gasteiger partial charge in [0.25, 0.3) is 0 Å². The molecule has 2 heterocycles. The minimum absolute atomic E-state index is 0.625. The van der Waals surface area contributed by atoms with E-state index in [0.717, 1.165) is 57.9 Å². The summed E-state index contributed by atoms with van der Waals surface area (Å²) in [5.74, 6) is 4.84. The highest BCUT2D eigenvalue weighted by atomic mass is 32.2. The summed E-state index contributed by atoms with van der Waals surface area (Å²) in [5, 5.41) is 9.27. The van der Waals surface area contributed by atoms with Crippen molar-refractivity contribution in [3.63, 3.8) is 0 Å². The molecule has 2 aromatic heterocycles. The SMILES string of the molecule is C=S(=O)(NCCCCNc1cc(-c2ccccc2C)nc2c(PC)cnn12)c1ccc(C)cc1. The third-order valence-corrected chi connectivity index (χ3v) is 8.40. The smallest absolute Gasteiger partial charge is 0.165 e. The van der Waals surface area contributed by atoms with Gasteiger partial charge in [0.2, 0.25) is 0 Å². The van der Waals surface area contributed by atoms with Crippen LogP contribution in [-0.2, 0) is 9.71 Å². The van der Waals surface area contributed by atoms with E-state index in [1.54, 1.807) is 0 Å². The Bertz CT molecular complexity index is 1380. The molecule has 178 valence electrons. The number of aromatic nitrogens is 3. The molecule has 0 aliphatic rings. The van der Waals surface area contributed by atoms with Crippen LogP contribution >= 0.6 is 8.58 Å². The van der Waals surface area contributed by atoms with E-state index in [4.69, 9.17) is 4.98 Å². The average molecular weight is 494 g/mol. The summed E-state index contributed by atoms with van der Waals surface area (Å²) in [4.78, 5) is 5.68. The second-order valence-corrected chi connectivity index (χ2v) is 11.6. The first-order valence-corrected chi connectivity index (χ1v) is 14.7. The molecule has 0 aliphatic carbocycles. The molecule has 0 saturated heterocycles. The molecule has 0 amide bonds. The van der Waals surface area contributed by atoms with Gasteiger partial charge in [0.15, 0.2) is 5.65 Å². The minimum Gasteiger partial charge on any atom is -0.370 e. The Morgan fingerprint density at radius 2 is 1.79 bits per heavy atom. The van der Waals surface area contributed by atoms with Gasteiger partial charge < -0.3 is 5.32 Å². The van der Waals surface area contributed by atoms with Gasteiger partial charge in [-0.15, -0.1) is 0 Å². The van der Waals surface area contributed by atoms with Crippen LogP contribution in [0.4, 0.5) is 5.82 Å². The summed E-state index contributed by atoms with van der Waals surface area (Å²) in [7, 11) is -1.85. The second kappa shape index (κ2) is 10.7. The highest BCUT2D eigenvalue weighted by Crippen LogP contribution is 2.25. The van der Waals surface area contributed by atoms with Crippen LogP contribution in [0, 0.1) is 13.8 Å². The number of nitrogens with one attached hydrogen (secondary N) is 2. The predicted molar refractivity (Wildman–Crippen MR) is 147 cm³/mol. The quantitative estimate of drug-likeness (QED) is 0.195. The van der Waals surface area contributed by atoms with Crippen LogP contribution < -0.4 is 15.3 Å². The largest absolute Gasteiger partial charge is 0.370 e. The first kappa shape index (κ1) is 24.4. The van der Waals surface area contributed by atoms with Gasteiger partial charge in [-0.1, -0.05) is 50.5 Å². The molecule has 0 saturated carbocycles. The summed E-state index contributed by atoms with van der Waals surface area (Å²) >= 11 is 0. The Morgan fingerprint density at radius 3 is 2.53 bits per heavy atom. The van der Waals surface area contributed by atoms with Crippen molar-refractivity contribution in [2.24, 2.45) is 0 Å². The summed E-state index contributed by atoms with van der Waals surface area (Å²) in [6.07, 6.45) is 3.71. The molecule has 2 aromatic carbocycles. The molecule has 4 aromatic rings. The average Bonchev–Trinajstić information content (AvgIpc) is 3.25. The van der Waals surface area contributed by atoms with Crippen LogP contribution in [0.25, 0.3) is 16.9 Å². The Kier molecular flexibility index (Phi) is 7.67. The van der Waals surface area contributed by atoms with Crippen molar-refractivity contribution in [3.05, 3.63) is 71.9 Å². The fourth-order valence-corrected chi connectivity index (χ4v) is 5.60. The molecule has 34 heavy (non-hydrogen) atoms. The molecular weight excluding hydrogens is 461 g/mol. The number of aryl methyl sites for hydroxylation is 2. The zero-order chi connectivity index (χ0) is 24.1. The van der Waals surface area contributed by atoms with Crippen LogP contribution in [0.5, 0.6) is 0 Å². The maximum atomic E-state index is 12.9. The van der Waals surface area contributed by atoms with E-state index >= 15 is 0 Å². The van der Waals surface area contributed by atoms with Gasteiger partial charge in [-0.3, -0.25) is 0 Å². The van der Waals surface area contributed by atoms with E-state index in [1.165, 1.54) is 5.56 Å². The first-order valence-electron chi connectivity index (χ1n) is 11.4. The standard InChI is InChI=1S/C26H32N5OPS/c1-19-11-13-21(14-12-19)34(4,32)29-16-8-7-15-27-25-17-23(22-10-6-5-9-20(22)2)30-26-24(33-3)18-28-31(25)26/h5-6,9-14,17-18,27,33H,4,7-8,15-16H2,1-3H3,(H,29,32). The molecule has 4 rings (SSSR count). The molecule has 6 nitrogen and oxygen atoms in total. The Morgan fingerprint density at radius 1 is 1.06 bits per heavy atom. The molecule has 0 aliphatic heterocycles. The maximum Gasteiger partial charge on any atom is 0.165 e. The molecule has 0 fully saturated rings. The summed E-state index contributed by atoms with van der Waals surface area (Å²) < 4.78 is 17.9. The number of benzene rings is 2. The van der Waals surface area contributed by atoms with Crippen molar-refractivity contribution in [1.29, 1.82) is 0 Å². The predicted octanol–water partition coefficient (Wildman–Crippen LogP) is 4.42. The summed E-state index contributed by atoms with van der Waals surface area (Å²) in [6, 6.07) is 18.1. The molecule has 8 heteroatoms. The van der Waals surface area contributed by atoms with Gasteiger partial charge >= 0.3 is 0 Å². The highest BCUT2D eigenvalue weighted by Gasteiger charge is 2.13. The van der Waals surface area contributed by atoms with Crippen molar-refractivity contribution < 1.29 is 4.21 Å². The molecule has 2 unspecified atom stereocenters. The maximum absolute atomic E-state index is 12.9. The lowest BCUT2D eigenvalue weighted by atomic mass is 10.1. The molecule has 2 N–H and O–H groups in total. The summed E-state index contributed by atoms with van der Waals surface area (Å²) in [6.45, 7) is 7.69. The monoisotopic (exact) mass is 493 g/mol. The molecule has 0 radical (unpaired) electrons. The molecular formula is C26H32N5OPS. The molecule has 0 spiro atoms. The lowest BCUT2D eigenvalue weighted by Gasteiger charge is -2.13. The number of hydrogen-bond donors (Lipinski definition) is 2. The highest BCUT2D eigenvalue weighted by molar-refractivity contribution is 7.98. The number of rotatable bonds is 10. The van der Waals surface area contributed by atoms with Crippen molar-refractivity contribution in [1.82, 2.24) is 19.3 Å². The normalized spacial score (nSPS) is 13.5. The number of anilines is 1. The Labute approximate surface area is 204 Å². The van der Waals surface area contributed by atoms with Crippen molar-refractivity contribution in [2.75, 3.05) is 25.1 Å². The molecule has 0 bridgehead atoms. The van der Waals surface area contributed by atoms with Gasteiger partial charge in [0.1, 0.15) is 5.82 Å². The van der Waals surface area contributed by atoms with Gasteiger partial charge in [0.05, 0.1) is 21.6 Å². The van der Waals surface area contributed by atoms with Crippen molar-refractivity contribution in [2.45, 2.75) is 31.6 Å². The summed E-state index contributed by atoms with van der Waals surface area (Å²) in [5.41, 5.74) is 5.32. The third-order valence-electron chi connectivity index (χ3n) is 5.81. The Hall–Kier alpha value is -2.73. The number of unbranched alkanes of at least 4 members (excludes halogenated alkanes) is 1. The third kappa shape index (κ3) is 5.49. The number of hydrogen-bond acceptors (Lipinski definition) is 4. The van der Waals surface area contributed by atoms with Crippen LogP contribution in [0.2, 0.25) is 0 Å². The van der Waals surface area contributed by atoms with Gasteiger partial charge in [-0.2, -0.15) is 9.61 Å². The zero-order valence-corrected chi connectivity index (χ0v) is 21.8. The minimum atomic E-state index is -2.48. The van der Waals surface area contributed by atoms with E-state index in [-0.39, 0.29) is 0 Å². The van der Waals surface area contributed by atoms with E-state index < -0.39 is 9.71 Å². The van der Waals surface area contributed by atoms with E-state index in [9.17, 15) is 4.21 Å². The number of nitrogens with zero attached hydrogens (tertiary/aromatic N) is 3. The fraction of sp³-hybridized carbons (Fsp3) is 0.269. The van der Waals surface area contributed by atoms with Crippen molar-refractivity contribution >= 4 is 40.9 Å². The van der Waals surface area contributed by atoms with Gasteiger partial charge in [0, 0.05) is 34.9 Å².